The Morgan fingerprint density at radius 2 is 1.81 bits per heavy atom. The van der Waals surface area contributed by atoms with Crippen molar-refractivity contribution in [2.75, 3.05) is 43.1 Å². The monoisotopic (exact) mass is 443 g/mol. The molecular weight excluding hydrogens is 418 g/mol. The molecule has 2 aromatic carbocycles. The molecule has 8 nitrogen and oxygen atoms in total. The zero-order chi connectivity index (χ0) is 22.0. The Bertz CT molecular complexity index is 1080. The molecule has 1 N–H and O–H groups in total. The lowest BCUT2D eigenvalue weighted by Crippen LogP contribution is -2.40. The molecule has 2 heterocycles. The third-order valence-corrected chi connectivity index (χ3v) is 7.45. The van der Waals surface area contributed by atoms with E-state index in [1.165, 1.54) is 16.4 Å². The maximum Gasteiger partial charge on any atom is 0.243 e. The van der Waals surface area contributed by atoms with E-state index in [1.807, 2.05) is 31.2 Å². The fourth-order valence-corrected chi connectivity index (χ4v) is 5.23. The van der Waals surface area contributed by atoms with Gasteiger partial charge in [-0.05, 0) is 37.3 Å². The first-order valence-corrected chi connectivity index (χ1v) is 11.6. The molecule has 4 rings (SSSR count). The summed E-state index contributed by atoms with van der Waals surface area (Å²) in [7, 11) is -3.66. The number of morpholine rings is 1. The van der Waals surface area contributed by atoms with Crippen LogP contribution in [0.5, 0.6) is 0 Å². The Morgan fingerprint density at radius 3 is 2.52 bits per heavy atom. The smallest absolute Gasteiger partial charge is 0.243 e. The molecule has 0 radical (unpaired) electrons. The number of hydrogen-bond donors (Lipinski definition) is 1. The molecule has 0 aliphatic carbocycles. The average molecular weight is 444 g/mol. The molecule has 0 bridgehead atoms. The van der Waals surface area contributed by atoms with E-state index in [1.54, 1.807) is 17.0 Å². The topological polar surface area (TPSA) is 96.0 Å². The Morgan fingerprint density at radius 1 is 1.10 bits per heavy atom. The highest BCUT2D eigenvalue weighted by Gasteiger charge is 2.35. The zero-order valence-corrected chi connectivity index (χ0v) is 18.1. The first-order valence-electron chi connectivity index (χ1n) is 10.2. The van der Waals surface area contributed by atoms with E-state index in [2.05, 4.69) is 5.32 Å². The van der Waals surface area contributed by atoms with Crippen molar-refractivity contribution >= 4 is 33.2 Å². The summed E-state index contributed by atoms with van der Waals surface area (Å²) in [5.41, 5.74) is 2.25. The summed E-state index contributed by atoms with van der Waals surface area (Å²) < 4.78 is 32.3. The molecule has 1 unspecified atom stereocenters. The van der Waals surface area contributed by atoms with Crippen LogP contribution in [-0.2, 0) is 24.3 Å². The maximum atomic E-state index is 12.9. The highest BCUT2D eigenvalue weighted by Crippen LogP contribution is 2.27. The molecule has 2 aliphatic heterocycles. The summed E-state index contributed by atoms with van der Waals surface area (Å²) in [5, 5.41) is 2.78. The number of sulfonamides is 1. The summed E-state index contributed by atoms with van der Waals surface area (Å²) in [5.74, 6) is -0.912. The van der Waals surface area contributed by atoms with Crippen LogP contribution in [0.1, 0.15) is 12.0 Å². The number of ether oxygens (including phenoxy) is 1. The molecule has 0 aromatic heterocycles. The standard InChI is InChI=1S/C22H25N3O5S/c1-16-5-7-19(8-6-16)25-15-17(13-21(25)26)22(27)23-18-3-2-4-20(14-18)31(28,29)24-9-11-30-12-10-24/h2-8,14,17H,9-13,15H2,1H3,(H,23,27). The van der Waals surface area contributed by atoms with E-state index in [4.69, 9.17) is 4.74 Å². The predicted octanol–water partition coefficient (Wildman–Crippen LogP) is 2.01. The second-order valence-electron chi connectivity index (χ2n) is 7.77. The summed E-state index contributed by atoms with van der Waals surface area (Å²) >= 11 is 0. The van der Waals surface area contributed by atoms with E-state index < -0.39 is 15.9 Å². The highest BCUT2D eigenvalue weighted by atomic mass is 32.2. The van der Waals surface area contributed by atoms with Crippen LogP contribution in [0.2, 0.25) is 0 Å². The van der Waals surface area contributed by atoms with Crippen LogP contribution in [0.25, 0.3) is 0 Å². The molecule has 1 atom stereocenters. The van der Waals surface area contributed by atoms with Crippen LogP contribution in [-0.4, -0.2) is 57.4 Å². The SMILES string of the molecule is Cc1ccc(N2CC(C(=O)Nc3cccc(S(=O)(=O)N4CCOCC4)c3)CC2=O)cc1. The van der Waals surface area contributed by atoms with Crippen molar-refractivity contribution in [3.8, 4) is 0 Å². The van der Waals surface area contributed by atoms with E-state index in [9.17, 15) is 18.0 Å². The van der Waals surface area contributed by atoms with Gasteiger partial charge in [0.2, 0.25) is 21.8 Å². The minimum atomic E-state index is -3.66. The van der Waals surface area contributed by atoms with Gasteiger partial charge < -0.3 is 15.0 Å². The van der Waals surface area contributed by atoms with Crippen molar-refractivity contribution in [3.63, 3.8) is 0 Å². The van der Waals surface area contributed by atoms with Gasteiger partial charge in [-0.3, -0.25) is 9.59 Å². The summed E-state index contributed by atoms with van der Waals surface area (Å²) in [6, 6.07) is 13.8. The van der Waals surface area contributed by atoms with E-state index in [0.29, 0.717) is 38.5 Å². The van der Waals surface area contributed by atoms with Crippen molar-refractivity contribution in [1.29, 1.82) is 0 Å². The lowest BCUT2D eigenvalue weighted by Gasteiger charge is -2.26. The minimum absolute atomic E-state index is 0.104. The number of nitrogens with zero attached hydrogens (tertiary/aromatic N) is 2. The Hall–Kier alpha value is -2.75. The summed E-state index contributed by atoms with van der Waals surface area (Å²) in [6.45, 7) is 3.60. The number of aryl methyl sites for hydroxylation is 1. The lowest BCUT2D eigenvalue weighted by molar-refractivity contribution is -0.122. The Balaban J connectivity index is 1.45. The summed E-state index contributed by atoms with van der Waals surface area (Å²) in [6.07, 6.45) is 0.117. The molecule has 2 aromatic rings. The van der Waals surface area contributed by atoms with Gasteiger partial charge >= 0.3 is 0 Å². The second-order valence-corrected chi connectivity index (χ2v) is 9.71. The van der Waals surface area contributed by atoms with Crippen molar-refractivity contribution in [2.24, 2.45) is 5.92 Å². The Kier molecular flexibility index (Phi) is 6.08. The van der Waals surface area contributed by atoms with Gasteiger partial charge in [-0.15, -0.1) is 0 Å². The van der Waals surface area contributed by atoms with Crippen LogP contribution in [0.15, 0.2) is 53.4 Å². The van der Waals surface area contributed by atoms with Crippen molar-refractivity contribution < 1.29 is 22.7 Å². The van der Waals surface area contributed by atoms with Crippen LogP contribution in [0.4, 0.5) is 11.4 Å². The summed E-state index contributed by atoms with van der Waals surface area (Å²) in [4.78, 5) is 27.0. The number of nitrogens with one attached hydrogen (secondary N) is 1. The van der Waals surface area contributed by atoms with Crippen LogP contribution in [0, 0.1) is 12.8 Å². The van der Waals surface area contributed by atoms with Gasteiger partial charge in [-0.2, -0.15) is 4.31 Å². The van der Waals surface area contributed by atoms with Crippen molar-refractivity contribution in [2.45, 2.75) is 18.2 Å². The molecule has 0 saturated carbocycles. The number of rotatable bonds is 5. The normalized spacial score (nSPS) is 20.1. The number of carbonyl (C=O) groups is 2. The number of hydrogen-bond acceptors (Lipinski definition) is 5. The molecule has 164 valence electrons. The number of anilines is 2. The van der Waals surface area contributed by atoms with E-state index >= 15 is 0 Å². The van der Waals surface area contributed by atoms with Gasteiger partial charge in [0.15, 0.2) is 0 Å². The number of amides is 2. The number of carbonyl (C=O) groups excluding carboxylic acids is 2. The van der Waals surface area contributed by atoms with E-state index in [0.717, 1.165) is 11.3 Å². The van der Waals surface area contributed by atoms with Gasteiger partial charge in [-0.1, -0.05) is 23.8 Å². The maximum absolute atomic E-state index is 12.9. The minimum Gasteiger partial charge on any atom is -0.379 e. The molecule has 2 fully saturated rings. The van der Waals surface area contributed by atoms with Crippen LogP contribution in [0.3, 0.4) is 0 Å². The van der Waals surface area contributed by atoms with Crippen LogP contribution >= 0.6 is 0 Å². The first-order chi connectivity index (χ1) is 14.8. The fraction of sp³-hybridized carbons (Fsp3) is 0.364. The lowest BCUT2D eigenvalue weighted by atomic mass is 10.1. The average Bonchev–Trinajstić information content (AvgIpc) is 3.17. The van der Waals surface area contributed by atoms with Gasteiger partial charge in [0.1, 0.15) is 0 Å². The molecule has 2 amide bonds. The van der Waals surface area contributed by atoms with Crippen LogP contribution < -0.4 is 10.2 Å². The highest BCUT2D eigenvalue weighted by molar-refractivity contribution is 7.89. The largest absolute Gasteiger partial charge is 0.379 e. The molecule has 9 heteroatoms. The third-order valence-electron chi connectivity index (χ3n) is 5.55. The van der Waals surface area contributed by atoms with Gasteiger partial charge in [0.05, 0.1) is 24.0 Å². The van der Waals surface area contributed by atoms with Gasteiger partial charge in [0.25, 0.3) is 0 Å². The molecular formula is C22H25N3O5S. The Labute approximate surface area is 181 Å². The molecule has 2 saturated heterocycles. The van der Waals surface area contributed by atoms with Crippen molar-refractivity contribution in [3.05, 3.63) is 54.1 Å². The zero-order valence-electron chi connectivity index (χ0n) is 17.3. The van der Waals surface area contributed by atoms with Crippen molar-refractivity contribution in [1.82, 2.24) is 4.31 Å². The predicted molar refractivity (Wildman–Crippen MR) is 116 cm³/mol. The van der Waals surface area contributed by atoms with Gasteiger partial charge in [0, 0.05) is 37.4 Å². The van der Waals surface area contributed by atoms with E-state index in [-0.39, 0.29) is 23.1 Å². The molecule has 31 heavy (non-hydrogen) atoms. The van der Waals surface area contributed by atoms with Gasteiger partial charge in [-0.25, -0.2) is 8.42 Å². The third kappa shape index (κ3) is 4.63. The second kappa shape index (κ2) is 8.78. The quantitative estimate of drug-likeness (QED) is 0.763. The fourth-order valence-electron chi connectivity index (χ4n) is 3.77. The number of benzene rings is 2. The molecule has 2 aliphatic rings. The first kappa shape index (κ1) is 21.5. The molecule has 0 spiro atoms.